The number of quaternary nitrogens is 1. The molecule has 0 fully saturated rings. The first-order chi connectivity index (χ1) is 54.7. The number of nitrogens with one attached hydrogen (secondary N) is 10. The zero-order valence-electron chi connectivity index (χ0n) is 69.5. The molecule has 1 aromatic rings. The van der Waals surface area contributed by atoms with Crippen LogP contribution >= 0.6 is 0 Å². The molecule has 2 aliphatic carbocycles. The maximum absolute atomic E-state index is 14.4. The molecule has 0 saturated carbocycles. The molecule has 1 aromatic carbocycles. The number of urea groups is 1. The smallest absolute Gasteiger partial charge is 0.312 e. The number of carbonyl (C=O) groups is 9. The Kier molecular flexibility index (Phi) is 53.7. The molecule has 2 unspecified atom stereocenters. The van der Waals surface area contributed by atoms with Crippen LogP contribution in [-0.4, -0.2) is 279 Å². The second-order valence-corrected chi connectivity index (χ2v) is 29.9. The number of ether oxygens (including phenoxy) is 11. The number of anilines is 1. The third kappa shape index (κ3) is 47.4. The standard InChI is InChI=1S/C78H140N16O20/c1-56(2)72(76(101)90-63(21-18-32-87-78(80)103)74(99)88-60-27-25-59(26-28-60)53-114-77(102)57(3)4)91-75(100)62(89-68(96)30-38-105-42-46-109-50-52-111-48-44-107-40-35-86-70(98)54-112-65-23-14-11-13-22-64(71(65)79)93(82)58(5)6)20-16-17-31-84-69(97)55-113-66-24-15-10-12-19-61(73(66)92-81)83-34-39-106-43-47-110-51-49-108-45-41-104-37-29-67(95)85-33-36-94(7,8)9/h25-28,56-58,62-63,65-66,72,83,92H,10-24,29-55,79,81-82H2,1-9H3,(H9-,80,84,85,86,87,88,89,90,91,95,96,97,98,99,100,101,103)/p+1/b71-64-,73-61-/t62-,63+,65?,66?,72+/m1/s1. The van der Waals surface area contributed by atoms with E-state index in [2.05, 4.69) is 74.4 Å². The zero-order valence-corrected chi connectivity index (χ0v) is 69.5. The Morgan fingerprint density at radius 1 is 0.518 bits per heavy atom. The Labute approximate surface area is 675 Å². The Bertz CT molecular complexity index is 2980. The summed E-state index contributed by atoms with van der Waals surface area (Å²) in [6.45, 7) is 18.0. The molecule has 0 bridgehead atoms. The summed E-state index contributed by atoms with van der Waals surface area (Å²) < 4.78 is 63.3. The Balaban J connectivity index is 1.51. The number of nitrogens with zero attached hydrogens (tertiary/aromatic N) is 2. The molecule has 0 saturated heterocycles. The van der Waals surface area contributed by atoms with Gasteiger partial charge in [0.05, 0.1) is 169 Å². The van der Waals surface area contributed by atoms with Crippen LogP contribution in [0.3, 0.4) is 0 Å². The molecule has 0 spiro atoms. The topological polar surface area (TPSA) is 483 Å². The summed E-state index contributed by atoms with van der Waals surface area (Å²) in [5.41, 5.74) is 18.7. The van der Waals surface area contributed by atoms with Crippen molar-refractivity contribution >= 4 is 59.0 Å². The second-order valence-electron chi connectivity index (χ2n) is 29.9. The number of likely N-dealkylation sites (N-methyl/N-ethyl adjacent to an activating group) is 1. The molecule has 2 aliphatic rings. The fraction of sp³-hybridized carbons (Fsp3) is 0.756. The molecule has 0 radical (unpaired) electrons. The fourth-order valence-corrected chi connectivity index (χ4v) is 11.6. The van der Waals surface area contributed by atoms with E-state index in [1.807, 2.05) is 13.8 Å². The summed E-state index contributed by atoms with van der Waals surface area (Å²) in [5.74, 6) is 8.11. The van der Waals surface area contributed by atoms with Gasteiger partial charge in [0.15, 0.2) is 0 Å². The maximum atomic E-state index is 14.4. The maximum Gasteiger partial charge on any atom is 0.312 e. The number of hydrazine groups is 2. The third-order valence-corrected chi connectivity index (χ3v) is 18.2. The average Bonchev–Trinajstić information content (AvgIpc) is 0.855. The number of benzene rings is 1. The zero-order chi connectivity index (χ0) is 83.7. The highest BCUT2D eigenvalue weighted by atomic mass is 16.6. The predicted octanol–water partition coefficient (Wildman–Crippen LogP) is 1.74. The van der Waals surface area contributed by atoms with E-state index in [1.165, 1.54) is 0 Å². The summed E-state index contributed by atoms with van der Waals surface area (Å²) in [4.78, 5) is 118. The number of esters is 1. The van der Waals surface area contributed by atoms with E-state index in [4.69, 9.17) is 75.3 Å². The summed E-state index contributed by atoms with van der Waals surface area (Å²) in [6, 6.07) is 2.45. The minimum absolute atomic E-state index is 0.00449. The minimum Gasteiger partial charge on any atom is -0.461 e. The van der Waals surface area contributed by atoms with Crippen molar-refractivity contribution in [1.29, 1.82) is 0 Å². The van der Waals surface area contributed by atoms with Gasteiger partial charge in [0.25, 0.3) is 0 Å². The minimum atomic E-state index is -1.19. The molecule has 3 rings (SSSR count). The number of rotatable bonds is 63. The quantitative estimate of drug-likeness (QED) is 0.0145. The Hall–Kier alpha value is -7.59. The van der Waals surface area contributed by atoms with Gasteiger partial charge in [0.1, 0.15) is 44.1 Å². The Morgan fingerprint density at radius 3 is 1.57 bits per heavy atom. The van der Waals surface area contributed by atoms with E-state index in [9.17, 15) is 43.2 Å². The highest BCUT2D eigenvalue weighted by Crippen LogP contribution is 2.26. The molecule has 0 aliphatic heterocycles. The van der Waals surface area contributed by atoms with Crippen molar-refractivity contribution in [2.24, 2.45) is 35.0 Å². The van der Waals surface area contributed by atoms with Crippen molar-refractivity contribution in [1.82, 2.24) is 53.0 Å². The number of amides is 9. The van der Waals surface area contributed by atoms with Gasteiger partial charge in [-0.15, -0.1) is 0 Å². The van der Waals surface area contributed by atoms with Gasteiger partial charge in [-0.25, -0.2) is 10.6 Å². The van der Waals surface area contributed by atoms with Crippen molar-refractivity contribution in [3.05, 3.63) is 52.6 Å². The summed E-state index contributed by atoms with van der Waals surface area (Å²) in [6.07, 6.45) is 8.98. The first-order valence-corrected chi connectivity index (χ1v) is 40.6. The lowest BCUT2D eigenvalue weighted by atomic mass is 9.98. The highest BCUT2D eigenvalue weighted by molar-refractivity contribution is 5.99. The fourth-order valence-electron chi connectivity index (χ4n) is 11.6. The molecular formula is C78H141N16O20+. The van der Waals surface area contributed by atoms with Crippen LogP contribution in [0.15, 0.2) is 47.1 Å². The van der Waals surface area contributed by atoms with Crippen LogP contribution in [0.25, 0.3) is 0 Å². The van der Waals surface area contributed by atoms with Crippen LogP contribution in [-0.2, 0) is 97.1 Å². The predicted molar refractivity (Wildman–Crippen MR) is 429 cm³/mol. The van der Waals surface area contributed by atoms with Gasteiger partial charge in [-0.05, 0) is 108 Å². The molecule has 36 heteroatoms. The van der Waals surface area contributed by atoms with Crippen LogP contribution in [0.2, 0.25) is 0 Å². The number of allylic oxidation sites excluding steroid dienone is 2. The number of hydrogen-bond donors (Lipinski definition) is 14. The summed E-state index contributed by atoms with van der Waals surface area (Å²) >= 11 is 0. The van der Waals surface area contributed by atoms with Crippen molar-refractivity contribution in [2.75, 3.05) is 185 Å². The number of hydrogen-bond acceptors (Lipinski definition) is 26. The van der Waals surface area contributed by atoms with Crippen LogP contribution in [0.1, 0.15) is 156 Å². The molecule has 9 amide bonds. The van der Waals surface area contributed by atoms with Gasteiger partial charge in [-0.2, -0.15) is 0 Å². The normalized spacial score (nSPS) is 16.9. The van der Waals surface area contributed by atoms with E-state index in [0.717, 1.165) is 67.4 Å². The molecule has 5 atom stereocenters. The molecule has 0 aromatic heterocycles. The lowest BCUT2D eigenvalue weighted by Gasteiger charge is -2.31. The largest absolute Gasteiger partial charge is 0.461 e. The van der Waals surface area contributed by atoms with Crippen molar-refractivity contribution in [2.45, 2.75) is 194 Å². The van der Waals surface area contributed by atoms with Gasteiger partial charge in [-0.3, -0.25) is 44.2 Å². The third-order valence-electron chi connectivity index (χ3n) is 18.2. The van der Waals surface area contributed by atoms with Crippen LogP contribution in [0.4, 0.5) is 10.5 Å². The number of primary amides is 1. The van der Waals surface area contributed by atoms with Gasteiger partial charge in [-0.1, -0.05) is 65.5 Å². The second kappa shape index (κ2) is 60.9. The van der Waals surface area contributed by atoms with E-state index in [1.54, 1.807) is 57.0 Å². The number of nitrogens with two attached hydrogens (primary N) is 4. The van der Waals surface area contributed by atoms with Crippen LogP contribution < -0.4 is 76.4 Å². The van der Waals surface area contributed by atoms with E-state index < -0.39 is 65.9 Å². The van der Waals surface area contributed by atoms with Crippen LogP contribution in [0, 0.1) is 11.8 Å². The van der Waals surface area contributed by atoms with Gasteiger partial charge in [0.2, 0.25) is 41.4 Å². The Morgan fingerprint density at radius 2 is 1.02 bits per heavy atom. The SMILES string of the molecule is CC(C)C(=O)OCc1ccc(NC(=O)[C@H](CCCNC(N)=O)NC(=O)[C@@H](NC(=O)[C@@H](CCCCNC(=O)COC2CCCCC/C(NCCOCCOCCOCCOCCC(=O)NCC[N+](C)(C)C)=C\2NN)NC(=O)CCOCCOCCOCCOCCNC(=O)COC2CCCCC/C(N(N)C(C)C)=C\2N)C(C)C)cc1. The molecule has 36 nitrogen and oxygen atoms in total. The monoisotopic (exact) mass is 1620 g/mol. The lowest BCUT2D eigenvalue weighted by molar-refractivity contribution is -0.869. The first-order valence-electron chi connectivity index (χ1n) is 40.6. The van der Waals surface area contributed by atoms with Gasteiger partial charge < -0.3 is 126 Å². The molecule has 18 N–H and O–H groups in total. The molecule has 114 heavy (non-hydrogen) atoms. The van der Waals surface area contributed by atoms with Crippen molar-refractivity contribution < 1.29 is 99.7 Å². The molecule has 0 heterocycles. The van der Waals surface area contributed by atoms with E-state index in [0.29, 0.717) is 147 Å². The van der Waals surface area contributed by atoms with Crippen molar-refractivity contribution in [3.8, 4) is 0 Å². The number of unbranched alkanes of at least 4 members (excludes halogenated alkanes) is 1. The lowest BCUT2D eigenvalue weighted by Crippen LogP contribution is -2.57. The first kappa shape index (κ1) is 101. The highest BCUT2D eigenvalue weighted by Gasteiger charge is 2.33. The van der Waals surface area contributed by atoms with E-state index in [-0.39, 0.29) is 134 Å². The van der Waals surface area contributed by atoms with Crippen molar-refractivity contribution in [3.63, 3.8) is 0 Å². The molecule has 652 valence electrons. The molecular weight excluding hydrogens is 1480 g/mol. The van der Waals surface area contributed by atoms with Gasteiger partial charge >= 0.3 is 12.0 Å². The summed E-state index contributed by atoms with van der Waals surface area (Å²) in [5, 5.41) is 27.4. The average molecular weight is 1620 g/mol. The van der Waals surface area contributed by atoms with Crippen LogP contribution in [0.5, 0.6) is 0 Å². The number of carbonyl (C=O) groups excluding carboxylic acids is 9. The van der Waals surface area contributed by atoms with Gasteiger partial charge in [0, 0.05) is 56.4 Å². The summed E-state index contributed by atoms with van der Waals surface area (Å²) in [7, 11) is 6.22. The van der Waals surface area contributed by atoms with E-state index >= 15 is 0 Å².